The number of hydrogen-bond donors (Lipinski definition) is 1. The molecule has 1 aliphatic carbocycles. The van der Waals surface area contributed by atoms with Crippen molar-refractivity contribution < 1.29 is 14.7 Å². The van der Waals surface area contributed by atoms with Gasteiger partial charge in [-0.3, -0.25) is 9.59 Å². The van der Waals surface area contributed by atoms with E-state index in [9.17, 15) is 9.59 Å². The molecule has 0 heterocycles. The first-order chi connectivity index (χ1) is 7.45. The van der Waals surface area contributed by atoms with Gasteiger partial charge in [0.15, 0.2) is 0 Å². The number of amides is 1. The molecule has 1 aliphatic rings. The van der Waals surface area contributed by atoms with Crippen molar-refractivity contribution >= 4 is 23.6 Å². The molecule has 4 nitrogen and oxygen atoms in total. The summed E-state index contributed by atoms with van der Waals surface area (Å²) in [6.07, 6.45) is 2.87. The number of carboxylic acids is 1. The second-order valence-corrected chi connectivity index (χ2v) is 5.77. The Bertz CT molecular complexity index is 274. The van der Waals surface area contributed by atoms with Crippen LogP contribution in [-0.2, 0) is 9.59 Å². The molecule has 1 rings (SSSR count). The molecule has 0 bridgehead atoms. The van der Waals surface area contributed by atoms with Crippen LogP contribution in [0.25, 0.3) is 0 Å². The average molecular weight is 245 g/mol. The molecular weight excluding hydrogens is 226 g/mol. The van der Waals surface area contributed by atoms with Gasteiger partial charge in [0.05, 0.1) is 6.42 Å². The minimum absolute atomic E-state index is 0.0393. The van der Waals surface area contributed by atoms with E-state index in [-0.39, 0.29) is 17.7 Å². The standard InChI is InChI=1S/C11H19NO3S/c1-12(2)9(13)3-6-16-8-11(4-5-11)7-10(14)15/h3-8H2,1-2H3,(H,14,15). The summed E-state index contributed by atoms with van der Waals surface area (Å²) in [6, 6.07) is 0. The number of rotatable bonds is 7. The summed E-state index contributed by atoms with van der Waals surface area (Å²) in [7, 11) is 3.50. The number of hydrogen-bond acceptors (Lipinski definition) is 3. The lowest BCUT2D eigenvalue weighted by Gasteiger charge is -2.13. The van der Waals surface area contributed by atoms with E-state index < -0.39 is 5.97 Å². The molecule has 1 amide bonds. The summed E-state index contributed by atoms with van der Waals surface area (Å²) in [5.74, 6) is 1.09. The predicted molar refractivity (Wildman–Crippen MR) is 64.6 cm³/mol. The fourth-order valence-corrected chi connectivity index (χ4v) is 2.83. The molecule has 0 saturated heterocycles. The number of thioether (sulfide) groups is 1. The van der Waals surface area contributed by atoms with Crippen molar-refractivity contribution in [2.45, 2.75) is 25.7 Å². The maximum absolute atomic E-state index is 11.3. The SMILES string of the molecule is CN(C)C(=O)CCSCC1(CC(=O)O)CC1. The minimum atomic E-state index is -0.706. The van der Waals surface area contributed by atoms with Crippen LogP contribution in [0.2, 0.25) is 0 Å². The van der Waals surface area contributed by atoms with E-state index >= 15 is 0 Å². The van der Waals surface area contributed by atoms with Crippen molar-refractivity contribution in [3.63, 3.8) is 0 Å². The van der Waals surface area contributed by atoms with Gasteiger partial charge in [0.25, 0.3) is 0 Å². The van der Waals surface area contributed by atoms with E-state index in [0.29, 0.717) is 6.42 Å². The summed E-state index contributed by atoms with van der Waals surface area (Å²) >= 11 is 1.70. The molecular formula is C11H19NO3S. The fraction of sp³-hybridized carbons (Fsp3) is 0.818. The first-order valence-electron chi connectivity index (χ1n) is 5.45. The summed E-state index contributed by atoms with van der Waals surface area (Å²) in [5.41, 5.74) is 0.0393. The Morgan fingerprint density at radius 2 is 2.00 bits per heavy atom. The smallest absolute Gasteiger partial charge is 0.303 e. The third-order valence-electron chi connectivity index (χ3n) is 2.85. The quantitative estimate of drug-likeness (QED) is 0.690. The zero-order valence-electron chi connectivity index (χ0n) is 9.86. The Labute approximate surface area is 100 Å². The van der Waals surface area contributed by atoms with Gasteiger partial charge in [0, 0.05) is 26.3 Å². The third kappa shape index (κ3) is 4.43. The summed E-state index contributed by atoms with van der Waals surface area (Å²) in [5, 5.41) is 8.74. The molecule has 0 aliphatic heterocycles. The number of aliphatic carboxylic acids is 1. The highest BCUT2D eigenvalue weighted by Crippen LogP contribution is 2.51. The molecule has 1 N–H and O–H groups in total. The van der Waals surface area contributed by atoms with Crippen molar-refractivity contribution in [2.75, 3.05) is 25.6 Å². The second kappa shape index (κ2) is 5.57. The van der Waals surface area contributed by atoms with Crippen LogP contribution >= 0.6 is 11.8 Å². The normalized spacial score (nSPS) is 16.9. The van der Waals surface area contributed by atoms with E-state index in [0.717, 1.165) is 24.3 Å². The maximum Gasteiger partial charge on any atom is 0.303 e. The van der Waals surface area contributed by atoms with E-state index in [1.165, 1.54) is 0 Å². The summed E-state index contributed by atoms with van der Waals surface area (Å²) in [6.45, 7) is 0. The number of carbonyl (C=O) groups excluding carboxylic acids is 1. The number of nitrogens with zero attached hydrogens (tertiary/aromatic N) is 1. The van der Waals surface area contributed by atoms with Gasteiger partial charge >= 0.3 is 5.97 Å². The van der Waals surface area contributed by atoms with Crippen LogP contribution in [0.5, 0.6) is 0 Å². The van der Waals surface area contributed by atoms with Crippen molar-refractivity contribution in [2.24, 2.45) is 5.41 Å². The van der Waals surface area contributed by atoms with Crippen LogP contribution in [-0.4, -0.2) is 47.5 Å². The number of carbonyl (C=O) groups is 2. The van der Waals surface area contributed by atoms with Crippen LogP contribution < -0.4 is 0 Å². The van der Waals surface area contributed by atoms with Crippen molar-refractivity contribution in [3.05, 3.63) is 0 Å². The second-order valence-electron chi connectivity index (χ2n) is 4.66. The lowest BCUT2D eigenvalue weighted by atomic mass is 10.1. The number of carboxylic acid groups (broad SMARTS) is 1. The van der Waals surface area contributed by atoms with E-state index in [1.54, 1.807) is 30.8 Å². The van der Waals surface area contributed by atoms with Gasteiger partial charge in [0.1, 0.15) is 0 Å². The molecule has 0 aromatic carbocycles. The lowest BCUT2D eigenvalue weighted by molar-refractivity contribution is -0.138. The van der Waals surface area contributed by atoms with E-state index in [4.69, 9.17) is 5.11 Å². The van der Waals surface area contributed by atoms with Crippen molar-refractivity contribution in [1.82, 2.24) is 4.90 Å². The van der Waals surface area contributed by atoms with Crippen LogP contribution in [0.3, 0.4) is 0 Å². The average Bonchev–Trinajstić information content (AvgIpc) is 2.91. The Morgan fingerprint density at radius 3 is 2.44 bits per heavy atom. The molecule has 0 aromatic rings. The summed E-state index contributed by atoms with van der Waals surface area (Å²) < 4.78 is 0. The summed E-state index contributed by atoms with van der Waals surface area (Å²) in [4.78, 5) is 23.5. The Hall–Kier alpha value is -0.710. The van der Waals surface area contributed by atoms with Gasteiger partial charge in [-0.2, -0.15) is 11.8 Å². The van der Waals surface area contributed by atoms with Gasteiger partial charge < -0.3 is 10.0 Å². The predicted octanol–water partition coefficient (Wildman–Crippen LogP) is 1.45. The molecule has 0 unspecified atom stereocenters. The highest BCUT2D eigenvalue weighted by molar-refractivity contribution is 7.99. The van der Waals surface area contributed by atoms with Crippen LogP contribution in [0.1, 0.15) is 25.7 Å². The molecule has 0 atom stereocenters. The zero-order chi connectivity index (χ0) is 12.2. The van der Waals surface area contributed by atoms with Gasteiger partial charge in [-0.1, -0.05) is 0 Å². The fourth-order valence-electron chi connectivity index (χ4n) is 1.54. The van der Waals surface area contributed by atoms with Crippen LogP contribution in [0, 0.1) is 5.41 Å². The Balaban J connectivity index is 2.12. The van der Waals surface area contributed by atoms with Gasteiger partial charge in [0.2, 0.25) is 5.91 Å². The first-order valence-corrected chi connectivity index (χ1v) is 6.60. The minimum Gasteiger partial charge on any atom is -0.481 e. The largest absolute Gasteiger partial charge is 0.481 e. The van der Waals surface area contributed by atoms with Gasteiger partial charge in [-0.05, 0) is 24.0 Å². The molecule has 92 valence electrons. The topological polar surface area (TPSA) is 57.6 Å². The Kier molecular flexibility index (Phi) is 4.65. The highest BCUT2D eigenvalue weighted by Gasteiger charge is 2.43. The van der Waals surface area contributed by atoms with Crippen LogP contribution in [0.15, 0.2) is 0 Å². The highest BCUT2D eigenvalue weighted by atomic mass is 32.2. The van der Waals surface area contributed by atoms with Crippen molar-refractivity contribution in [1.29, 1.82) is 0 Å². The van der Waals surface area contributed by atoms with Gasteiger partial charge in [-0.15, -0.1) is 0 Å². The lowest BCUT2D eigenvalue weighted by Crippen LogP contribution is -2.22. The Morgan fingerprint density at radius 1 is 1.38 bits per heavy atom. The molecule has 0 aromatic heterocycles. The monoisotopic (exact) mass is 245 g/mol. The third-order valence-corrected chi connectivity index (χ3v) is 4.16. The molecule has 0 spiro atoms. The molecule has 1 fully saturated rings. The first kappa shape index (κ1) is 13.4. The molecule has 1 saturated carbocycles. The van der Waals surface area contributed by atoms with E-state index in [2.05, 4.69) is 0 Å². The van der Waals surface area contributed by atoms with E-state index in [1.807, 2.05) is 0 Å². The molecule has 16 heavy (non-hydrogen) atoms. The molecule has 0 radical (unpaired) electrons. The van der Waals surface area contributed by atoms with Crippen LogP contribution in [0.4, 0.5) is 0 Å². The zero-order valence-corrected chi connectivity index (χ0v) is 10.7. The maximum atomic E-state index is 11.3. The van der Waals surface area contributed by atoms with Gasteiger partial charge in [-0.25, -0.2) is 0 Å². The molecule has 5 heteroatoms. The van der Waals surface area contributed by atoms with Crippen molar-refractivity contribution in [3.8, 4) is 0 Å².